The Hall–Kier alpha value is -3.67. The minimum atomic E-state index is -3.51. The minimum absolute atomic E-state index is 0.137. The van der Waals surface area contributed by atoms with Crippen LogP contribution in [0.3, 0.4) is 0 Å². The molecule has 0 bridgehead atoms. The van der Waals surface area contributed by atoms with E-state index in [0.29, 0.717) is 35.8 Å². The predicted molar refractivity (Wildman–Crippen MR) is 131 cm³/mol. The highest BCUT2D eigenvalue weighted by molar-refractivity contribution is 7.91. The van der Waals surface area contributed by atoms with Gasteiger partial charge in [0.25, 0.3) is 5.91 Å². The number of imidazole rings is 1. The Morgan fingerprint density at radius 2 is 1.94 bits per heavy atom. The van der Waals surface area contributed by atoms with Gasteiger partial charge in [-0.05, 0) is 36.8 Å². The summed E-state index contributed by atoms with van der Waals surface area (Å²) in [7, 11) is -0.0892. The number of amides is 2. The van der Waals surface area contributed by atoms with Gasteiger partial charge in [0.15, 0.2) is 27.0 Å². The number of anilines is 3. The molecule has 0 spiro atoms. The van der Waals surface area contributed by atoms with E-state index in [4.69, 9.17) is 0 Å². The van der Waals surface area contributed by atoms with Gasteiger partial charge in [-0.15, -0.1) is 5.10 Å². The summed E-state index contributed by atoms with van der Waals surface area (Å²) >= 11 is 0. The second-order valence-corrected chi connectivity index (χ2v) is 11.0. The number of hydrogen-bond acceptors (Lipinski definition) is 8. The number of aromatic nitrogens is 3. The molecule has 2 aliphatic rings. The molecule has 0 radical (unpaired) electrons. The average molecular weight is 498 g/mol. The predicted octanol–water partition coefficient (Wildman–Crippen LogP) is 1.76. The van der Waals surface area contributed by atoms with Crippen molar-refractivity contribution in [2.45, 2.75) is 36.1 Å². The molecule has 12 heteroatoms. The van der Waals surface area contributed by atoms with Gasteiger partial charge < -0.3 is 20.9 Å². The van der Waals surface area contributed by atoms with Gasteiger partial charge in [0.05, 0.1) is 22.5 Å². The van der Waals surface area contributed by atoms with Crippen LogP contribution in [0.4, 0.5) is 17.2 Å². The van der Waals surface area contributed by atoms with Gasteiger partial charge in [-0.2, -0.15) is 0 Å². The first kappa shape index (κ1) is 23.1. The molecular formula is C23H27N7O4S. The third kappa shape index (κ3) is 4.29. The van der Waals surface area contributed by atoms with Crippen LogP contribution >= 0.6 is 0 Å². The highest BCUT2D eigenvalue weighted by Gasteiger charge is 2.32. The van der Waals surface area contributed by atoms with E-state index in [9.17, 15) is 18.0 Å². The van der Waals surface area contributed by atoms with Gasteiger partial charge in [-0.25, -0.2) is 17.9 Å². The molecule has 1 atom stereocenters. The van der Waals surface area contributed by atoms with Crippen LogP contribution < -0.4 is 16.0 Å². The Morgan fingerprint density at radius 1 is 1.17 bits per heavy atom. The first-order valence-electron chi connectivity index (χ1n) is 11.4. The number of rotatable bonds is 7. The molecule has 2 fully saturated rings. The summed E-state index contributed by atoms with van der Waals surface area (Å²) in [4.78, 5) is 31.4. The molecular weight excluding hydrogens is 470 g/mol. The van der Waals surface area contributed by atoms with Gasteiger partial charge in [-0.3, -0.25) is 9.59 Å². The Kier molecular flexibility index (Phi) is 5.62. The van der Waals surface area contributed by atoms with Crippen molar-refractivity contribution in [1.29, 1.82) is 0 Å². The molecule has 0 unspecified atom stereocenters. The van der Waals surface area contributed by atoms with Crippen LogP contribution in [-0.4, -0.2) is 72.7 Å². The fourth-order valence-electron chi connectivity index (χ4n) is 4.48. The first-order valence-corrected chi connectivity index (χ1v) is 13.3. The quantitative estimate of drug-likeness (QED) is 0.449. The molecule has 3 aromatic rings. The topological polar surface area (TPSA) is 138 Å². The number of nitrogens with zero attached hydrogens (tertiary/aromatic N) is 4. The number of carbonyl (C=O) groups is 2. The molecule has 3 N–H and O–H groups in total. The van der Waals surface area contributed by atoms with E-state index in [0.717, 1.165) is 18.4 Å². The molecule has 11 nitrogen and oxygen atoms in total. The SMILES string of the molecule is CNc1cc(Nc2cccc(C3CC3)c2S(C)(=O)=O)nn2c(C(=O)N[C@@H]3CCN(C)C3=O)cnc12. The van der Waals surface area contributed by atoms with E-state index in [1.54, 1.807) is 31.1 Å². The van der Waals surface area contributed by atoms with Crippen molar-refractivity contribution in [3.63, 3.8) is 0 Å². The zero-order valence-corrected chi connectivity index (χ0v) is 20.5. The van der Waals surface area contributed by atoms with Crippen LogP contribution in [0.25, 0.3) is 5.65 Å². The molecule has 1 saturated heterocycles. The zero-order valence-electron chi connectivity index (χ0n) is 19.7. The largest absolute Gasteiger partial charge is 0.385 e. The minimum Gasteiger partial charge on any atom is -0.385 e. The maximum atomic E-state index is 13.0. The Labute approximate surface area is 202 Å². The first-order chi connectivity index (χ1) is 16.7. The Morgan fingerprint density at radius 3 is 2.57 bits per heavy atom. The van der Waals surface area contributed by atoms with Crippen LogP contribution in [0.15, 0.2) is 35.4 Å². The van der Waals surface area contributed by atoms with E-state index >= 15 is 0 Å². The molecule has 2 aromatic heterocycles. The van der Waals surface area contributed by atoms with E-state index < -0.39 is 21.8 Å². The maximum absolute atomic E-state index is 13.0. The van der Waals surface area contributed by atoms with Crippen molar-refractivity contribution in [1.82, 2.24) is 24.8 Å². The van der Waals surface area contributed by atoms with Crippen LogP contribution in [0.5, 0.6) is 0 Å². The molecule has 1 aliphatic carbocycles. The highest BCUT2D eigenvalue weighted by Crippen LogP contribution is 2.45. The maximum Gasteiger partial charge on any atom is 0.272 e. The molecule has 184 valence electrons. The molecule has 5 rings (SSSR count). The number of fused-ring (bicyclic) bond motifs is 1. The summed E-state index contributed by atoms with van der Waals surface area (Å²) < 4.78 is 26.7. The van der Waals surface area contributed by atoms with E-state index in [2.05, 4.69) is 26.0 Å². The molecule has 1 aliphatic heterocycles. The lowest BCUT2D eigenvalue weighted by Gasteiger charge is -2.16. The summed E-state index contributed by atoms with van der Waals surface area (Å²) in [6.07, 6.45) is 5.07. The number of likely N-dealkylation sites (tertiary alicyclic amines) is 1. The molecule has 1 aromatic carbocycles. The number of benzene rings is 1. The second-order valence-electron chi connectivity index (χ2n) is 9.04. The van der Waals surface area contributed by atoms with Crippen LogP contribution in [0.1, 0.15) is 41.2 Å². The fraction of sp³-hybridized carbons (Fsp3) is 0.391. The Balaban J connectivity index is 1.52. The second kappa shape index (κ2) is 8.52. The summed E-state index contributed by atoms with van der Waals surface area (Å²) in [6, 6.07) is 6.50. The normalized spacial score (nSPS) is 18.2. The third-order valence-electron chi connectivity index (χ3n) is 6.40. The summed E-state index contributed by atoms with van der Waals surface area (Å²) in [5.74, 6) is -0.0258. The number of likely N-dealkylation sites (N-methyl/N-ethyl adjacent to an activating group) is 1. The summed E-state index contributed by atoms with van der Waals surface area (Å²) in [5.41, 5.74) is 2.42. The lowest BCUT2D eigenvalue weighted by atomic mass is 10.1. The monoisotopic (exact) mass is 497 g/mol. The summed E-state index contributed by atoms with van der Waals surface area (Å²) in [5, 5.41) is 13.5. The van der Waals surface area contributed by atoms with Crippen LogP contribution in [0.2, 0.25) is 0 Å². The molecule has 35 heavy (non-hydrogen) atoms. The van der Waals surface area contributed by atoms with Crippen molar-refractivity contribution in [3.05, 3.63) is 41.7 Å². The van der Waals surface area contributed by atoms with Crippen molar-refractivity contribution in [2.75, 3.05) is 37.5 Å². The van der Waals surface area contributed by atoms with Crippen LogP contribution in [-0.2, 0) is 14.6 Å². The van der Waals surface area contributed by atoms with Gasteiger partial charge in [-0.1, -0.05) is 12.1 Å². The molecule has 3 heterocycles. The number of sulfone groups is 1. The van der Waals surface area contributed by atoms with Crippen molar-refractivity contribution in [3.8, 4) is 0 Å². The lowest BCUT2D eigenvalue weighted by molar-refractivity contribution is -0.128. The van der Waals surface area contributed by atoms with E-state index in [1.165, 1.54) is 17.0 Å². The van der Waals surface area contributed by atoms with E-state index in [-0.39, 0.29) is 22.4 Å². The zero-order chi connectivity index (χ0) is 24.9. The standard InChI is InChI=1S/C23H27N7O4S/c1-24-17-11-19(26-15-6-4-5-14(13-7-8-13)20(15)35(3,33)34)28-30-18(12-25-21(17)30)22(31)27-16-9-10-29(2)23(16)32/h4-6,11-13,16,24H,7-10H2,1-3H3,(H,26,28)(H,27,31)/t16-/m1/s1. The van der Waals surface area contributed by atoms with Crippen molar-refractivity contribution >= 4 is 44.5 Å². The smallest absolute Gasteiger partial charge is 0.272 e. The van der Waals surface area contributed by atoms with Gasteiger partial charge in [0, 0.05) is 33.0 Å². The number of nitrogens with one attached hydrogen (secondary N) is 3. The van der Waals surface area contributed by atoms with Gasteiger partial charge in [0.1, 0.15) is 6.04 Å². The van der Waals surface area contributed by atoms with Gasteiger partial charge in [0.2, 0.25) is 5.91 Å². The molecule has 2 amide bonds. The van der Waals surface area contributed by atoms with E-state index in [1.807, 2.05) is 12.1 Å². The van der Waals surface area contributed by atoms with Crippen molar-refractivity contribution < 1.29 is 18.0 Å². The fourth-order valence-corrected chi connectivity index (χ4v) is 5.66. The molecule has 1 saturated carbocycles. The summed E-state index contributed by atoms with van der Waals surface area (Å²) in [6.45, 7) is 0.579. The van der Waals surface area contributed by atoms with Crippen LogP contribution in [0, 0.1) is 0 Å². The highest BCUT2D eigenvalue weighted by atomic mass is 32.2. The number of carbonyl (C=O) groups excluding carboxylic acids is 2. The number of hydrogen-bond donors (Lipinski definition) is 3. The Bertz CT molecular complexity index is 1450. The third-order valence-corrected chi connectivity index (χ3v) is 7.60. The average Bonchev–Trinajstić information content (AvgIpc) is 3.51. The van der Waals surface area contributed by atoms with Crippen molar-refractivity contribution in [2.24, 2.45) is 0 Å². The van der Waals surface area contributed by atoms with Gasteiger partial charge >= 0.3 is 0 Å². The lowest BCUT2D eigenvalue weighted by Crippen LogP contribution is -2.41.